The van der Waals surface area contributed by atoms with Gasteiger partial charge in [0.15, 0.2) is 23.8 Å². The number of hydrogen-bond donors (Lipinski definition) is 4. The van der Waals surface area contributed by atoms with E-state index in [1.807, 2.05) is 24.3 Å². The Morgan fingerprint density at radius 2 is 1.16 bits per heavy atom. The molecule has 3 aromatic rings. The van der Waals surface area contributed by atoms with Gasteiger partial charge >= 0.3 is 0 Å². The average Bonchev–Trinajstić information content (AvgIpc) is 3.57. The summed E-state index contributed by atoms with van der Waals surface area (Å²) in [6.45, 7) is 0. The molecule has 160 valence electrons. The van der Waals surface area contributed by atoms with Crippen LogP contribution in [0, 0.1) is 0 Å². The summed E-state index contributed by atoms with van der Waals surface area (Å²) in [4.78, 5) is 42.2. The zero-order chi connectivity index (χ0) is 22.0. The van der Waals surface area contributed by atoms with Gasteiger partial charge in [0.1, 0.15) is 0 Å². The Hall–Kier alpha value is -3.62. The van der Waals surface area contributed by atoms with Gasteiger partial charge in [0.2, 0.25) is 0 Å². The molecule has 4 N–H and O–H groups in total. The molecule has 0 radical (unpaired) electrons. The molecule has 3 aliphatic rings. The minimum atomic E-state index is -1.89. The van der Waals surface area contributed by atoms with Crippen LogP contribution in [0.4, 0.5) is 0 Å². The Labute approximate surface area is 182 Å². The SMILES string of the molecule is O=C1c2c3nc(c(c4ccc(cc5nc(cc6ccc2[nH]6)CC5)[nH]4)C(=O)[C@H](O)[C@@H]1O)CC3. The van der Waals surface area contributed by atoms with Crippen LogP contribution in [-0.2, 0) is 25.7 Å². The lowest BCUT2D eigenvalue weighted by Gasteiger charge is -2.17. The van der Waals surface area contributed by atoms with E-state index >= 15 is 0 Å². The number of hydrogen-bond acceptors (Lipinski definition) is 6. The number of nitrogens with zero attached hydrogens (tertiary/aromatic N) is 2. The third-order valence-electron chi connectivity index (χ3n) is 6.30. The van der Waals surface area contributed by atoms with Crippen LogP contribution in [0.3, 0.4) is 0 Å². The second-order valence-electron chi connectivity index (χ2n) is 8.41. The molecule has 2 atom stereocenters. The smallest absolute Gasteiger partial charge is 0.198 e. The zero-order valence-corrected chi connectivity index (χ0v) is 17.1. The first-order valence-electron chi connectivity index (χ1n) is 10.6. The number of ketones is 2. The fourth-order valence-corrected chi connectivity index (χ4v) is 4.72. The fourth-order valence-electron chi connectivity index (χ4n) is 4.72. The maximum absolute atomic E-state index is 13.2. The van der Waals surface area contributed by atoms with E-state index in [-0.39, 0.29) is 11.1 Å². The Balaban J connectivity index is 1.81. The van der Waals surface area contributed by atoms with Crippen LogP contribution in [0.2, 0.25) is 0 Å². The van der Waals surface area contributed by atoms with Crippen molar-refractivity contribution in [3.8, 4) is 0 Å². The molecule has 0 fully saturated rings. The van der Waals surface area contributed by atoms with E-state index in [9.17, 15) is 19.8 Å². The van der Waals surface area contributed by atoms with Crippen molar-refractivity contribution in [2.45, 2.75) is 37.9 Å². The molecule has 3 aliphatic heterocycles. The summed E-state index contributed by atoms with van der Waals surface area (Å²) in [5.41, 5.74) is 5.78. The van der Waals surface area contributed by atoms with Gasteiger partial charge in [-0.3, -0.25) is 19.6 Å². The standard InChI is InChI=1S/C24H20N4O4/c29-21-19-15-5-3-13(26-15)9-11-1-2-12(25-11)10-14-4-6-16(27-14)20(18-8-7-17(19)28-18)22(30)24(32)23(21)31/h3-6,9-10,23-24,26-27,31-32H,1-2,7-8H2/t23-,24+. The largest absolute Gasteiger partial charge is 0.382 e. The van der Waals surface area contributed by atoms with Gasteiger partial charge in [-0.05, 0) is 62.1 Å². The highest BCUT2D eigenvalue weighted by Crippen LogP contribution is 2.28. The molecule has 0 saturated carbocycles. The molecule has 10 bridgehead atoms. The molecule has 0 aliphatic carbocycles. The van der Waals surface area contributed by atoms with Gasteiger partial charge in [-0.1, -0.05) is 0 Å². The van der Waals surface area contributed by atoms with E-state index in [0.29, 0.717) is 35.3 Å². The highest BCUT2D eigenvalue weighted by atomic mass is 16.3. The first-order chi connectivity index (χ1) is 15.5. The van der Waals surface area contributed by atoms with Gasteiger partial charge < -0.3 is 20.2 Å². The maximum Gasteiger partial charge on any atom is 0.198 e. The number of aliphatic hydroxyl groups excluding tert-OH is 2. The molecule has 0 aromatic carbocycles. The molecule has 8 nitrogen and oxygen atoms in total. The van der Waals surface area contributed by atoms with Crippen LogP contribution in [0.1, 0.15) is 43.5 Å². The number of Topliss-reactive ketones (excluding diaryl/α,β-unsaturated/α-hetero) is 2. The molecule has 8 heteroatoms. The quantitative estimate of drug-likeness (QED) is 0.433. The molecule has 6 rings (SSSR count). The minimum Gasteiger partial charge on any atom is -0.382 e. The second-order valence-corrected chi connectivity index (χ2v) is 8.41. The van der Waals surface area contributed by atoms with Crippen molar-refractivity contribution in [1.82, 2.24) is 19.9 Å². The van der Waals surface area contributed by atoms with Crippen molar-refractivity contribution in [3.63, 3.8) is 0 Å². The van der Waals surface area contributed by atoms with E-state index < -0.39 is 23.8 Å². The summed E-state index contributed by atoms with van der Waals surface area (Å²) in [5, 5.41) is 21.3. The first kappa shape index (κ1) is 19.1. The van der Waals surface area contributed by atoms with Crippen LogP contribution in [-0.4, -0.2) is 53.9 Å². The molecular weight excluding hydrogens is 408 g/mol. The fraction of sp³-hybridized carbons (Fsp3) is 0.250. The zero-order valence-electron chi connectivity index (χ0n) is 17.1. The van der Waals surface area contributed by atoms with Crippen molar-refractivity contribution >= 4 is 33.6 Å². The average molecular weight is 428 g/mol. The second kappa shape index (κ2) is 6.94. The predicted octanol–water partition coefficient (Wildman–Crippen LogP) is 1.99. The third kappa shape index (κ3) is 2.91. The summed E-state index contributed by atoms with van der Waals surface area (Å²) in [6, 6.07) is 11.1. The lowest BCUT2D eigenvalue weighted by molar-refractivity contribution is 0.0216. The summed E-state index contributed by atoms with van der Waals surface area (Å²) in [7, 11) is 0. The number of fused-ring (bicyclic) bond motifs is 8. The number of aryl methyl sites for hydroxylation is 4. The van der Waals surface area contributed by atoms with E-state index in [1.54, 1.807) is 12.1 Å². The molecule has 3 aromatic heterocycles. The van der Waals surface area contributed by atoms with Crippen molar-refractivity contribution < 1.29 is 19.8 Å². The van der Waals surface area contributed by atoms with Gasteiger partial charge in [0.05, 0.1) is 33.5 Å². The van der Waals surface area contributed by atoms with Gasteiger partial charge in [-0.2, -0.15) is 0 Å². The molecule has 6 heterocycles. The van der Waals surface area contributed by atoms with E-state index in [4.69, 9.17) is 4.98 Å². The van der Waals surface area contributed by atoms with Crippen LogP contribution < -0.4 is 0 Å². The molecule has 32 heavy (non-hydrogen) atoms. The number of aromatic nitrogens is 4. The van der Waals surface area contributed by atoms with Crippen molar-refractivity contribution in [2.75, 3.05) is 0 Å². The van der Waals surface area contributed by atoms with Crippen molar-refractivity contribution in [1.29, 1.82) is 0 Å². The van der Waals surface area contributed by atoms with Gasteiger partial charge in [-0.25, -0.2) is 0 Å². The Morgan fingerprint density at radius 1 is 0.688 bits per heavy atom. The summed E-state index contributed by atoms with van der Waals surface area (Å²) < 4.78 is 0. The van der Waals surface area contributed by atoms with Crippen molar-refractivity contribution in [2.24, 2.45) is 0 Å². The Bertz CT molecular complexity index is 1360. The predicted molar refractivity (Wildman–Crippen MR) is 116 cm³/mol. The molecule has 0 unspecified atom stereocenters. The van der Waals surface area contributed by atoms with Crippen molar-refractivity contribution in [3.05, 3.63) is 70.3 Å². The van der Waals surface area contributed by atoms with Crippen LogP contribution in [0.25, 0.3) is 22.1 Å². The number of aromatic amines is 2. The summed E-state index contributed by atoms with van der Waals surface area (Å²) in [5.74, 6) is -1.45. The number of rotatable bonds is 0. The van der Waals surface area contributed by atoms with Gasteiger partial charge in [0.25, 0.3) is 0 Å². The highest BCUT2D eigenvalue weighted by molar-refractivity contribution is 6.13. The normalized spacial score (nSPS) is 20.4. The Kier molecular flexibility index (Phi) is 4.14. The third-order valence-corrected chi connectivity index (χ3v) is 6.30. The topological polar surface area (TPSA) is 132 Å². The number of H-pyrrole nitrogens is 2. The Morgan fingerprint density at radius 3 is 1.62 bits per heavy atom. The molecular formula is C24H20N4O4. The monoisotopic (exact) mass is 428 g/mol. The van der Waals surface area contributed by atoms with E-state index in [2.05, 4.69) is 15.0 Å². The summed E-state index contributed by atoms with van der Waals surface area (Å²) >= 11 is 0. The lowest BCUT2D eigenvalue weighted by Crippen LogP contribution is -2.40. The number of aliphatic hydroxyl groups is 2. The molecule has 0 saturated heterocycles. The van der Waals surface area contributed by atoms with Crippen LogP contribution in [0.15, 0.2) is 36.4 Å². The summed E-state index contributed by atoms with van der Waals surface area (Å²) in [6.07, 6.45) is -1.27. The number of nitrogens with one attached hydrogen (secondary N) is 2. The van der Waals surface area contributed by atoms with E-state index in [1.165, 1.54) is 0 Å². The maximum atomic E-state index is 13.2. The highest BCUT2D eigenvalue weighted by Gasteiger charge is 2.37. The molecule has 0 spiro atoms. The van der Waals surface area contributed by atoms with Gasteiger partial charge in [0, 0.05) is 22.4 Å². The first-order valence-corrected chi connectivity index (χ1v) is 10.6. The minimum absolute atomic E-state index is 0.202. The number of carbonyl (C=O) groups excluding carboxylic acids is 2. The van der Waals surface area contributed by atoms with Crippen LogP contribution >= 0.6 is 0 Å². The van der Waals surface area contributed by atoms with Gasteiger partial charge in [-0.15, -0.1) is 0 Å². The number of carbonyl (C=O) groups is 2. The van der Waals surface area contributed by atoms with Crippen LogP contribution in [0.5, 0.6) is 0 Å². The van der Waals surface area contributed by atoms with E-state index in [0.717, 1.165) is 35.3 Å². The molecule has 0 amide bonds. The lowest BCUT2D eigenvalue weighted by atomic mass is 9.92.